The average Bonchev–Trinajstić information content (AvgIpc) is 3.17. The highest BCUT2D eigenvalue weighted by molar-refractivity contribution is 5.94. The number of hydrogen-bond donors (Lipinski definition) is 1. The van der Waals surface area contributed by atoms with E-state index in [0.29, 0.717) is 12.2 Å². The van der Waals surface area contributed by atoms with E-state index >= 15 is 0 Å². The molecule has 0 spiro atoms. The molecule has 0 bridgehead atoms. The monoisotopic (exact) mass is 276 g/mol. The van der Waals surface area contributed by atoms with Crippen LogP contribution in [-0.2, 0) is 6.42 Å². The number of nitrogens with zero attached hydrogens (tertiary/aromatic N) is 3. The second-order valence-corrected chi connectivity index (χ2v) is 4.85. The average molecular weight is 276 g/mol. The lowest BCUT2D eigenvalue weighted by molar-refractivity contribution is 0.617. The van der Waals surface area contributed by atoms with Crippen molar-refractivity contribution in [3.8, 4) is 11.1 Å². The van der Waals surface area contributed by atoms with Gasteiger partial charge in [0.25, 0.3) is 0 Å². The molecule has 5 nitrogen and oxygen atoms in total. The van der Waals surface area contributed by atoms with Gasteiger partial charge in [-0.3, -0.25) is 0 Å². The van der Waals surface area contributed by atoms with Crippen molar-refractivity contribution in [2.45, 2.75) is 6.42 Å². The Morgan fingerprint density at radius 2 is 1.95 bits per heavy atom. The lowest BCUT2D eigenvalue weighted by Crippen LogP contribution is -1.90. The number of nitrogens with one attached hydrogen (secondary N) is 1. The molecular formula is C16H12N4O. The van der Waals surface area contributed by atoms with E-state index in [1.165, 1.54) is 0 Å². The molecule has 5 heteroatoms. The van der Waals surface area contributed by atoms with Crippen molar-refractivity contribution in [3.63, 3.8) is 0 Å². The van der Waals surface area contributed by atoms with Gasteiger partial charge in [0.05, 0.1) is 6.26 Å². The fourth-order valence-corrected chi connectivity index (χ4v) is 2.47. The van der Waals surface area contributed by atoms with Gasteiger partial charge in [0.15, 0.2) is 5.82 Å². The molecule has 0 saturated carbocycles. The third-order valence-electron chi connectivity index (χ3n) is 3.47. The van der Waals surface area contributed by atoms with Gasteiger partial charge >= 0.3 is 0 Å². The van der Waals surface area contributed by atoms with E-state index in [4.69, 9.17) is 4.42 Å². The highest BCUT2D eigenvalue weighted by Crippen LogP contribution is 2.31. The maximum absolute atomic E-state index is 5.64. The number of fused-ring (bicyclic) bond motifs is 1. The van der Waals surface area contributed by atoms with Gasteiger partial charge in [-0.1, -0.05) is 41.6 Å². The van der Waals surface area contributed by atoms with Crippen LogP contribution in [0.1, 0.15) is 11.4 Å². The summed E-state index contributed by atoms with van der Waals surface area (Å²) in [6.07, 6.45) is 2.45. The second kappa shape index (κ2) is 4.86. The molecule has 0 saturated heterocycles. The number of aromatic amines is 1. The predicted octanol–water partition coefficient (Wildman–Crippen LogP) is 3.20. The Kier molecular flexibility index (Phi) is 2.74. The first-order valence-electron chi connectivity index (χ1n) is 6.68. The summed E-state index contributed by atoms with van der Waals surface area (Å²) in [4.78, 5) is 0. The van der Waals surface area contributed by atoms with Gasteiger partial charge in [0.2, 0.25) is 0 Å². The Morgan fingerprint density at radius 1 is 1.05 bits per heavy atom. The molecule has 0 atom stereocenters. The van der Waals surface area contributed by atoms with E-state index in [1.807, 2.05) is 30.3 Å². The Balaban J connectivity index is 1.79. The summed E-state index contributed by atoms with van der Waals surface area (Å²) in [6, 6.07) is 16.3. The summed E-state index contributed by atoms with van der Waals surface area (Å²) in [5.41, 5.74) is 4.25. The van der Waals surface area contributed by atoms with Crippen molar-refractivity contribution >= 4 is 11.0 Å². The number of tetrazole rings is 1. The summed E-state index contributed by atoms with van der Waals surface area (Å²) >= 11 is 0. The molecule has 4 aromatic rings. The van der Waals surface area contributed by atoms with Gasteiger partial charge < -0.3 is 4.42 Å². The Labute approximate surface area is 120 Å². The van der Waals surface area contributed by atoms with Crippen molar-refractivity contribution in [1.29, 1.82) is 0 Å². The van der Waals surface area contributed by atoms with E-state index in [0.717, 1.165) is 27.7 Å². The third-order valence-corrected chi connectivity index (χ3v) is 3.47. The van der Waals surface area contributed by atoms with Crippen molar-refractivity contribution in [1.82, 2.24) is 20.6 Å². The highest BCUT2D eigenvalue weighted by Gasteiger charge is 2.09. The quantitative estimate of drug-likeness (QED) is 0.624. The minimum absolute atomic E-state index is 0.645. The lowest BCUT2D eigenvalue weighted by atomic mass is 10.0. The van der Waals surface area contributed by atoms with Crippen molar-refractivity contribution in [2.75, 3.05) is 0 Å². The maximum atomic E-state index is 5.64. The van der Waals surface area contributed by atoms with Crippen LogP contribution in [0, 0.1) is 0 Å². The molecule has 1 N–H and O–H groups in total. The zero-order valence-electron chi connectivity index (χ0n) is 11.2. The van der Waals surface area contributed by atoms with Crippen LogP contribution in [0.2, 0.25) is 0 Å². The minimum atomic E-state index is 0.645. The first-order valence-corrected chi connectivity index (χ1v) is 6.68. The summed E-state index contributed by atoms with van der Waals surface area (Å²) in [5.74, 6) is 0.680. The van der Waals surface area contributed by atoms with E-state index in [2.05, 4.69) is 38.8 Å². The molecule has 0 radical (unpaired) electrons. The second-order valence-electron chi connectivity index (χ2n) is 4.85. The molecule has 2 heterocycles. The topological polar surface area (TPSA) is 67.6 Å². The normalized spacial score (nSPS) is 11.0. The number of aromatic nitrogens is 4. The Bertz CT molecular complexity index is 866. The molecule has 102 valence electrons. The molecule has 0 amide bonds. The molecule has 2 aromatic heterocycles. The third kappa shape index (κ3) is 2.18. The zero-order chi connectivity index (χ0) is 14.1. The Hall–Kier alpha value is -2.95. The van der Waals surface area contributed by atoms with Crippen LogP contribution in [-0.4, -0.2) is 20.6 Å². The van der Waals surface area contributed by atoms with Gasteiger partial charge in [-0.2, -0.15) is 5.21 Å². The molecule has 0 unspecified atom stereocenters. The van der Waals surface area contributed by atoms with E-state index in [1.54, 1.807) is 6.26 Å². The van der Waals surface area contributed by atoms with Crippen LogP contribution in [0.3, 0.4) is 0 Å². The number of rotatable bonds is 3. The lowest BCUT2D eigenvalue weighted by Gasteiger charge is -2.00. The fourth-order valence-electron chi connectivity index (χ4n) is 2.47. The molecule has 0 aliphatic heterocycles. The smallest absolute Gasteiger partial charge is 0.178 e. The van der Waals surface area contributed by atoms with Crippen molar-refractivity contribution in [3.05, 3.63) is 66.2 Å². The van der Waals surface area contributed by atoms with Gasteiger partial charge in [-0.25, -0.2) is 0 Å². The van der Waals surface area contributed by atoms with E-state index in [9.17, 15) is 0 Å². The highest BCUT2D eigenvalue weighted by atomic mass is 16.3. The predicted molar refractivity (Wildman–Crippen MR) is 78.6 cm³/mol. The number of benzene rings is 2. The molecule has 0 fully saturated rings. The molecular weight excluding hydrogens is 264 g/mol. The van der Waals surface area contributed by atoms with E-state index in [-0.39, 0.29) is 0 Å². The van der Waals surface area contributed by atoms with E-state index < -0.39 is 0 Å². The van der Waals surface area contributed by atoms with Crippen molar-refractivity contribution in [2.24, 2.45) is 0 Å². The van der Waals surface area contributed by atoms with Gasteiger partial charge in [-0.05, 0) is 23.3 Å². The molecule has 0 aliphatic rings. The van der Waals surface area contributed by atoms with Crippen LogP contribution in [0.15, 0.2) is 59.2 Å². The van der Waals surface area contributed by atoms with Gasteiger partial charge in [0.1, 0.15) is 5.58 Å². The molecule has 2 aromatic carbocycles. The Morgan fingerprint density at radius 3 is 2.76 bits per heavy atom. The minimum Gasteiger partial charge on any atom is -0.464 e. The first-order chi connectivity index (χ1) is 10.4. The van der Waals surface area contributed by atoms with Gasteiger partial charge in [-0.15, -0.1) is 10.2 Å². The van der Waals surface area contributed by atoms with Crippen molar-refractivity contribution < 1.29 is 4.42 Å². The summed E-state index contributed by atoms with van der Waals surface area (Å²) in [7, 11) is 0. The molecule has 21 heavy (non-hydrogen) atoms. The van der Waals surface area contributed by atoms with Crippen LogP contribution in [0.25, 0.3) is 22.1 Å². The molecule has 0 aliphatic carbocycles. The van der Waals surface area contributed by atoms with Crippen LogP contribution in [0.4, 0.5) is 0 Å². The standard InChI is InChI=1S/C16H12N4O/c1-2-4-12(5-3-1)14-10-21-15-7-6-11(8-13(14)15)9-16-17-19-20-18-16/h1-8,10H,9H2,(H,17,18,19,20). The van der Waals surface area contributed by atoms with Crippen LogP contribution >= 0.6 is 0 Å². The van der Waals surface area contributed by atoms with Crippen LogP contribution in [0.5, 0.6) is 0 Å². The van der Waals surface area contributed by atoms with Crippen LogP contribution < -0.4 is 0 Å². The summed E-state index contributed by atoms with van der Waals surface area (Å²) in [5, 5.41) is 15.1. The van der Waals surface area contributed by atoms with Gasteiger partial charge in [0, 0.05) is 17.4 Å². The summed E-state index contributed by atoms with van der Waals surface area (Å²) < 4.78 is 5.64. The fraction of sp³-hybridized carbons (Fsp3) is 0.0625. The molecule has 4 rings (SSSR count). The summed E-state index contributed by atoms with van der Waals surface area (Å²) in [6.45, 7) is 0. The number of hydrogen-bond acceptors (Lipinski definition) is 4. The number of furan rings is 1. The maximum Gasteiger partial charge on any atom is 0.178 e. The zero-order valence-corrected chi connectivity index (χ0v) is 11.2. The first kappa shape index (κ1) is 11.8. The largest absolute Gasteiger partial charge is 0.464 e. The SMILES string of the molecule is c1ccc(-c2coc3ccc(Cc4nn[nH]n4)cc23)cc1. The number of H-pyrrole nitrogens is 1.